The second-order valence-corrected chi connectivity index (χ2v) is 20.8. The predicted octanol–water partition coefficient (Wildman–Crippen LogP) is 12.0. The maximum absolute atomic E-state index is 2.57. The summed E-state index contributed by atoms with van der Waals surface area (Å²) in [5, 5.41) is 9.19. The Labute approximate surface area is 293 Å². The molecule has 1 aliphatic carbocycles. The molecule has 2 unspecified atom stereocenters. The van der Waals surface area contributed by atoms with Crippen molar-refractivity contribution in [3.8, 4) is 0 Å². The van der Waals surface area contributed by atoms with Gasteiger partial charge in [-0.2, -0.15) is 0 Å². The van der Waals surface area contributed by atoms with E-state index < -0.39 is 14.5 Å². The van der Waals surface area contributed by atoms with Crippen LogP contribution < -0.4 is 21.2 Å². The number of rotatable bonds is 17. The Bertz CT molecular complexity index is 1540. The van der Waals surface area contributed by atoms with Gasteiger partial charge in [0.1, 0.15) is 35.7 Å². The van der Waals surface area contributed by atoms with Crippen molar-refractivity contribution in [2.75, 3.05) is 12.3 Å². The van der Waals surface area contributed by atoms with Crippen LogP contribution in [0, 0.1) is 5.92 Å². The summed E-state index contributed by atoms with van der Waals surface area (Å²) < 4.78 is 0. The molecule has 2 heteroatoms. The standard InChI is InChI=1S/C46H56P2/c1-4-5-25-41(3)47(42-26-15-11-16-27-42,46-36-34-40(2)35-37-46)38-23-9-7-6-8-10-24-39-48(43-28-17-12-18-29-43,44-30-19-13-20-31-44)45-32-21-14-22-33-45/h4-5,11-22,25-34,36-37,40H,6-10,23-24,35,38-39H2,1-3H3/q+2/b5-4-,41-25+. The lowest BCUT2D eigenvalue weighted by molar-refractivity contribution is 0.604. The van der Waals surface area contributed by atoms with Crippen LogP contribution in [0.2, 0.25) is 0 Å². The quantitative estimate of drug-likeness (QED) is 0.0596. The van der Waals surface area contributed by atoms with E-state index in [2.05, 4.69) is 179 Å². The number of unbranched alkanes of at least 4 members (excludes halogenated alkanes) is 6. The van der Waals surface area contributed by atoms with Gasteiger partial charge in [-0.3, -0.25) is 0 Å². The summed E-state index contributed by atoms with van der Waals surface area (Å²) in [5.74, 6) is 0.631. The fraction of sp³-hybridized carbons (Fsp3) is 0.304. The minimum absolute atomic E-state index is 0.631. The zero-order valence-electron chi connectivity index (χ0n) is 29.6. The molecule has 0 fully saturated rings. The van der Waals surface area contributed by atoms with Gasteiger partial charge in [0.25, 0.3) is 0 Å². The molecular weight excluding hydrogens is 614 g/mol. The number of benzene rings is 4. The first kappa shape index (κ1) is 36.0. The Balaban J connectivity index is 1.22. The lowest BCUT2D eigenvalue weighted by Crippen LogP contribution is -2.33. The van der Waals surface area contributed by atoms with E-state index in [4.69, 9.17) is 0 Å². The minimum Gasteiger partial charge on any atom is -0.0875 e. The van der Waals surface area contributed by atoms with Gasteiger partial charge >= 0.3 is 0 Å². The van der Waals surface area contributed by atoms with Gasteiger partial charge < -0.3 is 0 Å². The molecule has 4 aromatic carbocycles. The molecule has 0 nitrogen and oxygen atoms in total. The van der Waals surface area contributed by atoms with Crippen LogP contribution in [0.25, 0.3) is 0 Å². The third-order valence-corrected chi connectivity index (χ3v) is 19.4. The van der Waals surface area contributed by atoms with Crippen molar-refractivity contribution >= 4 is 35.7 Å². The van der Waals surface area contributed by atoms with Crippen LogP contribution in [0.1, 0.15) is 72.1 Å². The Morgan fingerprint density at radius 1 is 0.604 bits per heavy atom. The molecule has 0 spiro atoms. The lowest BCUT2D eigenvalue weighted by atomic mass is 10.0. The zero-order valence-corrected chi connectivity index (χ0v) is 31.3. The first-order valence-corrected chi connectivity index (χ1v) is 22.2. The molecular formula is C46H56P2+2. The Morgan fingerprint density at radius 2 is 1.04 bits per heavy atom. The van der Waals surface area contributed by atoms with E-state index in [1.807, 2.05) is 0 Å². The molecule has 0 aliphatic heterocycles. The van der Waals surface area contributed by atoms with Crippen molar-refractivity contribution in [2.45, 2.75) is 72.1 Å². The summed E-state index contributed by atoms with van der Waals surface area (Å²) in [6.07, 6.45) is 27.1. The van der Waals surface area contributed by atoms with Crippen LogP contribution in [0.5, 0.6) is 0 Å². The molecule has 4 aromatic rings. The maximum atomic E-state index is 2.57. The zero-order chi connectivity index (χ0) is 33.5. The van der Waals surface area contributed by atoms with Crippen molar-refractivity contribution in [1.82, 2.24) is 0 Å². The van der Waals surface area contributed by atoms with E-state index in [-0.39, 0.29) is 0 Å². The Hall–Kier alpha value is -3.30. The molecule has 0 heterocycles. The fourth-order valence-corrected chi connectivity index (χ4v) is 16.4. The molecule has 248 valence electrons. The van der Waals surface area contributed by atoms with Crippen molar-refractivity contribution in [3.05, 3.63) is 168 Å². The van der Waals surface area contributed by atoms with E-state index >= 15 is 0 Å². The smallest absolute Gasteiger partial charge is 0.0875 e. The number of hydrogen-bond acceptors (Lipinski definition) is 0. The van der Waals surface area contributed by atoms with Crippen LogP contribution in [-0.2, 0) is 0 Å². The second-order valence-electron chi connectivity index (χ2n) is 13.4. The van der Waals surface area contributed by atoms with Crippen molar-refractivity contribution in [1.29, 1.82) is 0 Å². The lowest BCUT2D eigenvalue weighted by Gasteiger charge is -2.30. The third-order valence-electron chi connectivity index (χ3n) is 10.1. The van der Waals surface area contributed by atoms with Gasteiger partial charge in [-0.15, -0.1) is 0 Å². The van der Waals surface area contributed by atoms with E-state index in [1.165, 1.54) is 78.5 Å². The molecule has 0 bridgehead atoms. The van der Waals surface area contributed by atoms with Crippen LogP contribution in [0.15, 0.2) is 168 Å². The summed E-state index contributed by atoms with van der Waals surface area (Å²) in [6.45, 7) is 6.86. The van der Waals surface area contributed by atoms with Gasteiger partial charge in [-0.05, 0) is 119 Å². The highest BCUT2D eigenvalue weighted by molar-refractivity contribution is 7.95. The topological polar surface area (TPSA) is 0 Å². The first-order valence-electron chi connectivity index (χ1n) is 18.3. The van der Waals surface area contributed by atoms with Crippen LogP contribution in [-0.4, -0.2) is 12.3 Å². The summed E-state index contributed by atoms with van der Waals surface area (Å²) in [4.78, 5) is 0. The average Bonchev–Trinajstić information content (AvgIpc) is 3.15. The Morgan fingerprint density at radius 3 is 1.48 bits per heavy atom. The summed E-state index contributed by atoms with van der Waals surface area (Å²) in [7, 11) is -3.38. The molecule has 0 aromatic heterocycles. The van der Waals surface area contributed by atoms with Gasteiger partial charge in [-0.25, -0.2) is 0 Å². The van der Waals surface area contributed by atoms with Crippen LogP contribution in [0.3, 0.4) is 0 Å². The molecule has 0 amide bonds. The van der Waals surface area contributed by atoms with Gasteiger partial charge in [0.05, 0.1) is 23.0 Å². The SMILES string of the molecule is C/C=C\C=C(/C)[P+](CCCCCCCCC[P+](c1ccccc1)(c1ccccc1)c1ccccc1)(C1=CCC(C)C=C1)c1ccccc1. The predicted molar refractivity (Wildman–Crippen MR) is 220 cm³/mol. The highest BCUT2D eigenvalue weighted by atomic mass is 31.2. The molecule has 2 atom stereocenters. The largest absolute Gasteiger partial charge is 0.112 e. The van der Waals surface area contributed by atoms with E-state index in [0.717, 1.165) is 6.42 Å². The molecule has 0 saturated carbocycles. The fourth-order valence-electron chi connectivity index (χ4n) is 7.50. The van der Waals surface area contributed by atoms with Crippen LogP contribution >= 0.6 is 14.5 Å². The average molecular weight is 671 g/mol. The number of allylic oxidation sites excluding steroid dienone is 8. The molecule has 1 aliphatic rings. The molecule has 0 N–H and O–H groups in total. The molecule has 48 heavy (non-hydrogen) atoms. The van der Waals surface area contributed by atoms with Crippen LogP contribution in [0.4, 0.5) is 0 Å². The third kappa shape index (κ3) is 8.64. The maximum Gasteiger partial charge on any atom is 0.112 e. The monoisotopic (exact) mass is 670 g/mol. The van der Waals surface area contributed by atoms with Gasteiger partial charge in [0, 0.05) is 0 Å². The second kappa shape index (κ2) is 18.5. The van der Waals surface area contributed by atoms with Crippen molar-refractivity contribution < 1.29 is 0 Å². The van der Waals surface area contributed by atoms with Gasteiger partial charge in [0.15, 0.2) is 0 Å². The first-order chi connectivity index (χ1) is 23.6. The van der Waals surface area contributed by atoms with E-state index in [1.54, 1.807) is 10.6 Å². The highest BCUT2D eigenvalue weighted by Gasteiger charge is 2.46. The normalized spacial score (nSPS) is 16.5. The van der Waals surface area contributed by atoms with E-state index in [0.29, 0.717) is 5.92 Å². The highest BCUT2D eigenvalue weighted by Crippen LogP contribution is 2.72. The van der Waals surface area contributed by atoms with Gasteiger partial charge in [0.2, 0.25) is 0 Å². The summed E-state index contributed by atoms with van der Waals surface area (Å²) >= 11 is 0. The molecule has 0 radical (unpaired) electrons. The summed E-state index contributed by atoms with van der Waals surface area (Å²) in [6, 6.07) is 45.5. The summed E-state index contributed by atoms with van der Waals surface area (Å²) in [5.41, 5.74) is 0. The number of hydrogen-bond donors (Lipinski definition) is 0. The minimum atomic E-state index is -1.72. The van der Waals surface area contributed by atoms with E-state index in [9.17, 15) is 0 Å². The Kier molecular flexibility index (Phi) is 13.8. The molecule has 0 saturated heterocycles. The van der Waals surface area contributed by atoms with Crippen molar-refractivity contribution in [2.24, 2.45) is 5.92 Å². The van der Waals surface area contributed by atoms with Crippen molar-refractivity contribution in [3.63, 3.8) is 0 Å². The van der Waals surface area contributed by atoms with Gasteiger partial charge in [-0.1, -0.05) is 117 Å². The molecule has 5 rings (SSSR count).